The van der Waals surface area contributed by atoms with E-state index >= 15 is 0 Å². The predicted octanol–water partition coefficient (Wildman–Crippen LogP) is 1.87. The van der Waals surface area contributed by atoms with Crippen LogP contribution < -0.4 is 10.1 Å². The van der Waals surface area contributed by atoms with Crippen molar-refractivity contribution in [2.24, 2.45) is 0 Å². The molecule has 1 aromatic rings. The van der Waals surface area contributed by atoms with Crippen molar-refractivity contribution in [1.29, 1.82) is 0 Å². The van der Waals surface area contributed by atoms with E-state index in [2.05, 4.69) is 5.32 Å². The summed E-state index contributed by atoms with van der Waals surface area (Å²) in [4.78, 5) is 0. The lowest BCUT2D eigenvalue weighted by atomic mass is 10.1. The summed E-state index contributed by atoms with van der Waals surface area (Å²) in [5.41, 5.74) is 0.957. The third-order valence-corrected chi connectivity index (χ3v) is 2.93. The maximum atomic E-state index is 9.94. The minimum atomic E-state index is -0.378. The van der Waals surface area contributed by atoms with Crippen molar-refractivity contribution in [3.63, 3.8) is 0 Å². The van der Waals surface area contributed by atoms with Crippen molar-refractivity contribution in [3.05, 3.63) is 29.8 Å². The fourth-order valence-corrected chi connectivity index (χ4v) is 1.70. The second-order valence-corrected chi connectivity index (χ2v) is 4.31. The fourth-order valence-electron chi connectivity index (χ4n) is 1.70. The number of methoxy groups -OCH3 is 1. The SMILES string of the molecule is COc1ccc(C(O)CCNC2CC2)cc1. The van der Waals surface area contributed by atoms with Crippen LogP contribution in [0.4, 0.5) is 0 Å². The zero-order chi connectivity index (χ0) is 11.4. The Bertz CT molecular complexity index is 319. The van der Waals surface area contributed by atoms with Gasteiger partial charge >= 0.3 is 0 Å². The van der Waals surface area contributed by atoms with Gasteiger partial charge in [-0.15, -0.1) is 0 Å². The van der Waals surface area contributed by atoms with Crippen LogP contribution in [0.5, 0.6) is 5.75 Å². The van der Waals surface area contributed by atoms with E-state index in [-0.39, 0.29) is 6.10 Å². The Morgan fingerprint density at radius 2 is 2.06 bits per heavy atom. The van der Waals surface area contributed by atoms with Gasteiger partial charge in [-0.2, -0.15) is 0 Å². The molecule has 16 heavy (non-hydrogen) atoms. The Kier molecular flexibility index (Phi) is 3.80. The molecule has 1 unspecified atom stereocenters. The zero-order valence-electron chi connectivity index (χ0n) is 9.65. The number of aliphatic hydroxyl groups excluding tert-OH is 1. The van der Waals surface area contributed by atoms with Crippen molar-refractivity contribution in [1.82, 2.24) is 5.32 Å². The molecule has 1 saturated carbocycles. The van der Waals surface area contributed by atoms with Crippen molar-refractivity contribution in [2.45, 2.75) is 31.4 Å². The van der Waals surface area contributed by atoms with Crippen LogP contribution in [-0.4, -0.2) is 24.8 Å². The lowest BCUT2D eigenvalue weighted by Gasteiger charge is -2.11. The first-order valence-corrected chi connectivity index (χ1v) is 5.85. The summed E-state index contributed by atoms with van der Waals surface area (Å²) in [6.45, 7) is 0.887. The molecule has 88 valence electrons. The highest BCUT2D eigenvalue weighted by atomic mass is 16.5. The second kappa shape index (κ2) is 5.32. The van der Waals surface area contributed by atoms with Gasteiger partial charge in [0.2, 0.25) is 0 Å². The van der Waals surface area contributed by atoms with Crippen LogP contribution in [0.15, 0.2) is 24.3 Å². The highest BCUT2D eigenvalue weighted by molar-refractivity contribution is 5.28. The molecule has 1 aliphatic rings. The summed E-state index contributed by atoms with van der Waals surface area (Å²) < 4.78 is 5.08. The van der Waals surface area contributed by atoms with Crippen molar-refractivity contribution in [2.75, 3.05) is 13.7 Å². The van der Waals surface area contributed by atoms with Gasteiger partial charge in [-0.3, -0.25) is 0 Å². The number of nitrogens with one attached hydrogen (secondary N) is 1. The molecular formula is C13H19NO2. The Balaban J connectivity index is 1.79. The minimum absolute atomic E-state index is 0.378. The first-order chi connectivity index (χ1) is 7.79. The van der Waals surface area contributed by atoms with Crippen LogP contribution in [0, 0.1) is 0 Å². The van der Waals surface area contributed by atoms with E-state index in [0.29, 0.717) is 6.04 Å². The number of aliphatic hydroxyl groups is 1. The van der Waals surface area contributed by atoms with E-state index in [1.54, 1.807) is 7.11 Å². The lowest BCUT2D eigenvalue weighted by Crippen LogP contribution is -2.19. The predicted molar refractivity (Wildman–Crippen MR) is 63.6 cm³/mol. The fraction of sp³-hybridized carbons (Fsp3) is 0.538. The maximum absolute atomic E-state index is 9.94. The molecule has 1 aromatic carbocycles. The Morgan fingerprint density at radius 1 is 1.38 bits per heavy atom. The summed E-state index contributed by atoms with van der Waals surface area (Å²) in [7, 11) is 1.64. The molecule has 2 N–H and O–H groups in total. The molecule has 1 aliphatic carbocycles. The molecule has 1 fully saturated rings. The first-order valence-electron chi connectivity index (χ1n) is 5.85. The van der Waals surface area contributed by atoms with Gasteiger partial charge in [0.25, 0.3) is 0 Å². The van der Waals surface area contributed by atoms with Crippen LogP contribution in [0.25, 0.3) is 0 Å². The number of ether oxygens (including phenoxy) is 1. The molecule has 2 rings (SSSR count). The molecule has 3 heteroatoms. The zero-order valence-corrected chi connectivity index (χ0v) is 9.65. The summed E-state index contributed by atoms with van der Waals surface area (Å²) in [5.74, 6) is 0.826. The molecule has 0 spiro atoms. The Morgan fingerprint density at radius 3 is 2.62 bits per heavy atom. The molecule has 0 aromatic heterocycles. The van der Waals surface area contributed by atoms with Crippen molar-refractivity contribution < 1.29 is 9.84 Å². The minimum Gasteiger partial charge on any atom is -0.497 e. The number of benzene rings is 1. The average molecular weight is 221 g/mol. The van der Waals surface area contributed by atoms with E-state index in [4.69, 9.17) is 4.74 Å². The first kappa shape index (κ1) is 11.4. The quantitative estimate of drug-likeness (QED) is 0.770. The van der Waals surface area contributed by atoms with E-state index in [9.17, 15) is 5.11 Å². The molecule has 0 radical (unpaired) electrons. The van der Waals surface area contributed by atoms with Crippen molar-refractivity contribution in [3.8, 4) is 5.75 Å². The summed E-state index contributed by atoms with van der Waals surface area (Å²) >= 11 is 0. The number of rotatable bonds is 6. The molecule has 1 atom stereocenters. The average Bonchev–Trinajstić information content (AvgIpc) is 3.13. The molecule has 0 bridgehead atoms. The van der Waals surface area contributed by atoms with Crippen molar-refractivity contribution >= 4 is 0 Å². The second-order valence-electron chi connectivity index (χ2n) is 4.31. The number of hydrogen-bond acceptors (Lipinski definition) is 3. The molecule has 0 heterocycles. The van der Waals surface area contributed by atoms with E-state index in [0.717, 1.165) is 24.3 Å². The summed E-state index contributed by atoms with van der Waals surface area (Å²) in [6.07, 6.45) is 2.97. The van der Waals surface area contributed by atoms with Crippen LogP contribution in [0.2, 0.25) is 0 Å². The topological polar surface area (TPSA) is 41.5 Å². The summed E-state index contributed by atoms with van der Waals surface area (Å²) in [6, 6.07) is 8.31. The van der Waals surface area contributed by atoms with Gasteiger partial charge in [0, 0.05) is 6.04 Å². The number of hydrogen-bond donors (Lipinski definition) is 2. The van der Waals surface area contributed by atoms with E-state index in [1.165, 1.54) is 12.8 Å². The van der Waals surface area contributed by atoms with Crippen LogP contribution >= 0.6 is 0 Å². The standard InChI is InChI=1S/C13H19NO2/c1-16-12-6-2-10(3-7-12)13(15)8-9-14-11-4-5-11/h2-3,6-7,11,13-15H,4-5,8-9H2,1H3. The third-order valence-electron chi connectivity index (χ3n) is 2.93. The Hall–Kier alpha value is -1.06. The van der Waals surface area contributed by atoms with Gasteiger partial charge in [-0.05, 0) is 43.5 Å². The van der Waals surface area contributed by atoms with Gasteiger partial charge < -0.3 is 15.2 Å². The van der Waals surface area contributed by atoms with Crippen LogP contribution in [0.1, 0.15) is 30.9 Å². The molecular weight excluding hydrogens is 202 g/mol. The lowest BCUT2D eigenvalue weighted by molar-refractivity contribution is 0.166. The smallest absolute Gasteiger partial charge is 0.118 e. The normalized spacial score (nSPS) is 17.1. The molecule has 3 nitrogen and oxygen atoms in total. The van der Waals surface area contributed by atoms with Crippen LogP contribution in [-0.2, 0) is 0 Å². The maximum Gasteiger partial charge on any atom is 0.118 e. The monoisotopic (exact) mass is 221 g/mol. The van der Waals surface area contributed by atoms with Gasteiger partial charge in [-0.25, -0.2) is 0 Å². The summed E-state index contributed by atoms with van der Waals surface area (Å²) in [5, 5.41) is 13.3. The van der Waals surface area contributed by atoms with Gasteiger partial charge in [-0.1, -0.05) is 12.1 Å². The van der Waals surface area contributed by atoms with Gasteiger partial charge in [0.05, 0.1) is 13.2 Å². The third kappa shape index (κ3) is 3.22. The van der Waals surface area contributed by atoms with Gasteiger partial charge in [0.15, 0.2) is 0 Å². The molecule has 0 aliphatic heterocycles. The highest BCUT2D eigenvalue weighted by Gasteiger charge is 2.20. The van der Waals surface area contributed by atoms with Gasteiger partial charge in [0.1, 0.15) is 5.75 Å². The molecule has 0 amide bonds. The molecule has 0 saturated heterocycles. The van der Waals surface area contributed by atoms with E-state index in [1.807, 2.05) is 24.3 Å². The Labute approximate surface area is 96.4 Å². The van der Waals surface area contributed by atoms with E-state index < -0.39 is 0 Å². The van der Waals surface area contributed by atoms with Crippen LogP contribution in [0.3, 0.4) is 0 Å². The largest absolute Gasteiger partial charge is 0.497 e. The highest BCUT2D eigenvalue weighted by Crippen LogP contribution is 2.21.